The Hall–Kier alpha value is -2.29. The maximum Gasteiger partial charge on any atom is 0.227 e. The number of hydrogen-bond donors (Lipinski definition) is 0. The molecule has 0 aromatic heterocycles. The van der Waals surface area contributed by atoms with Gasteiger partial charge < -0.3 is 9.80 Å². The van der Waals surface area contributed by atoms with Crippen LogP contribution >= 0.6 is 0 Å². The molecule has 22 heavy (non-hydrogen) atoms. The Morgan fingerprint density at radius 1 is 0.955 bits per heavy atom. The highest BCUT2D eigenvalue weighted by molar-refractivity contribution is 5.79. The van der Waals surface area contributed by atoms with Gasteiger partial charge in [0.2, 0.25) is 5.91 Å². The van der Waals surface area contributed by atoms with Crippen molar-refractivity contribution in [2.24, 2.45) is 0 Å². The molecular formula is C19H22N2O. The van der Waals surface area contributed by atoms with Crippen LogP contribution in [-0.4, -0.2) is 37.0 Å². The van der Waals surface area contributed by atoms with Gasteiger partial charge in [-0.25, -0.2) is 0 Å². The van der Waals surface area contributed by atoms with E-state index in [1.165, 1.54) is 11.3 Å². The molecule has 1 heterocycles. The molecular weight excluding hydrogens is 272 g/mol. The van der Waals surface area contributed by atoms with Gasteiger partial charge >= 0.3 is 0 Å². The summed E-state index contributed by atoms with van der Waals surface area (Å²) in [4.78, 5) is 16.7. The van der Waals surface area contributed by atoms with E-state index in [4.69, 9.17) is 0 Å². The van der Waals surface area contributed by atoms with E-state index < -0.39 is 0 Å². The van der Waals surface area contributed by atoms with Crippen molar-refractivity contribution in [2.45, 2.75) is 13.3 Å². The number of carbonyl (C=O) groups is 1. The number of amides is 1. The van der Waals surface area contributed by atoms with Crippen LogP contribution in [0, 0.1) is 6.92 Å². The zero-order chi connectivity index (χ0) is 15.4. The minimum absolute atomic E-state index is 0.232. The molecule has 0 unspecified atom stereocenters. The van der Waals surface area contributed by atoms with E-state index in [0.29, 0.717) is 6.42 Å². The summed E-state index contributed by atoms with van der Waals surface area (Å²) in [5.41, 5.74) is 3.63. The zero-order valence-corrected chi connectivity index (χ0v) is 13.0. The predicted molar refractivity (Wildman–Crippen MR) is 90.1 cm³/mol. The lowest BCUT2D eigenvalue weighted by Crippen LogP contribution is -2.49. The Morgan fingerprint density at radius 2 is 1.68 bits per heavy atom. The lowest BCUT2D eigenvalue weighted by Gasteiger charge is -2.36. The second-order valence-electron chi connectivity index (χ2n) is 5.87. The van der Waals surface area contributed by atoms with Gasteiger partial charge in [-0.1, -0.05) is 42.5 Å². The summed E-state index contributed by atoms with van der Waals surface area (Å²) in [6, 6.07) is 18.5. The van der Waals surface area contributed by atoms with Gasteiger partial charge in [0.15, 0.2) is 0 Å². The largest absolute Gasteiger partial charge is 0.368 e. The van der Waals surface area contributed by atoms with Crippen LogP contribution in [0.1, 0.15) is 11.1 Å². The molecule has 0 atom stereocenters. The fourth-order valence-corrected chi connectivity index (χ4v) is 2.92. The maximum absolute atomic E-state index is 12.4. The van der Waals surface area contributed by atoms with Crippen LogP contribution in [0.5, 0.6) is 0 Å². The highest BCUT2D eigenvalue weighted by Gasteiger charge is 2.21. The molecule has 1 fully saturated rings. The molecule has 0 N–H and O–H groups in total. The van der Waals surface area contributed by atoms with Gasteiger partial charge in [0, 0.05) is 31.9 Å². The highest BCUT2D eigenvalue weighted by atomic mass is 16.2. The van der Waals surface area contributed by atoms with Crippen LogP contribution in [0.15, 0.2) is 54.6 Å². The summed E-state index contributed by atoms with van der Waals surface area (Å²) in [6.45, 7) is 5.54. The molecule has 2 aromatic rings. The number of piperazine rings is 1. The van der Waals surface area contributed by atoms with Crippen molar-refractivity contribution in [3.63, 3.8) is 0 Å². The summed E-state index contributed by atoms with van der Waals surface area (Å²) in [5, 5.41) is 0. The molecule has 0 radical (unpaired) electrons. The number of aryl methyl sites for hydroxylation is 1. The van der Waals surface area contributed by atoms with Gasteiger partial charge in [-0.15, -0.1) is 0 Å². The summed E-state index contributed by atoms with van der Waals surface area (Å²) in [5.74, 6) is 0.232. The number of benzene rings is 2. The van der Waals surface area contributed by atoms with Crippen LogP contribution in [0.2, 0.25) is 0 Å². The Labute approximate surface area is 132 Å². The molecule has 0 aliphatic carbocycles. The Bertz CT molecular complexity index is 631. The molecule has 114 valence electrons. The third-order valence-corrected chi connectivity index (χ3v) is 4.20. The van der Waals surface area contributed by atoms with Crippen molar-refractivity contribution in [2.75, 3.05) is 31.1 Å². The average molecular weight is 294 g/mol. The van der Waals surface area contributed by atoms with Gasteiger partial charge in [-0.2, -0.15) is 0 Å². The second-order valence-corrected chi connectivity index (χ2v) is 5.87. The molecule has 0 spiro atoms. The minimum Gasteiger partial charge on any atom is -0.368 e. The van der Waals surface area contributed by atoms with Crippen LogP contribution in [0.3, 0.4) is 0 Å². The van der Waals surface area contributed by atoms with Crippen LogP contribution in [0.4, 0.5) is 5.69 Å². The quantitative estimate of drug-likeness (QED) is 0.869. The van der Waals surface area contributed by atoms with Crippen molar-refractivity contribution in [1.82, 2.24) is 4.90 Å². The second kappa shape index (κ2) is 6.65. The minimum atomic E-state index is 0.232. The van der Waals surface area contributed by atoms with E-state index in [1.807, 2.05) is 35.2 Å². The number of nitrogens with zero attached hydrogens (tertiary/aromatic N) is 2. The van der Waals surface area contributed by atoms with Crippen molar-refractivity contribution in [1.29, 1.82) is 0 Å². The van der Waals surface area contributed by atoms with Crippen molar-refractivity contribution in [3.05, 3.63) is 65.7 Å². The van der Waals surface area contributed by atoms with E-state index in [2.05, 4.69) is 36.1 Å². The molecule has 1 saturated heterocycles. The van der Waals surface area contributed by atoms with E-state index in [0.717, 1.165) is 31.7 Å². The van der Waals surface area contributed by atoms with Gasteiger partial charge in [0.1, 0.15) is 0 Å². The van der Waals surface area contributed by atoms with Crippen molar-refractivity contribution in [3.8, 4) is 0 Å². The van der Waals surface area contributed by atoms with Gasteiger partial charge in [-0.3, -0.25) is 4.79 Å². The van der Waals surface area contributed by atoms with Gasteiger partial charge in [0.25, 0.3) is 0 Å². The fourth-order valence-electron chi connectivity index (χ4n) is 2.92. The zero-order valence-electron chi connectivity index (χ0n) is 13.0. The fraction of sp³-hybridized carbons (Fsp3) is 0.316. The van der Waals surface area contributed by atoms with E-state index >= 15 is 0 Å². The first kappa shape index (κ1) is 14.6. The normalized spacial score (nSPS) is 15.0. The van der Waals surface area contributed by atoms with E-state index in [1.54, 1.807) is 0 Å². The average Bonchev–Trinajstić information content (AvgIpc) is 2.56. The highest BCUT2D eigenvalue weighted by Crippen LogP contribution is 2.18. The first-order valence-electron chi connectivity index (χ1n) is 7.86. The molecule has 1 aliphatic heterocycles. The van der Waals surface area contributed by atoms with E-state index in [-0.39, 0.29) is 5.91 Å². The Kier molecular flexibility index (Phi) is 4.42. The monoisotopic (exact) mass is 294 g/mol. The third kappa shape index (κ3) is 3.48. The molecule has 0 bridgehead atoms. The van der Waals surface area contributed by atoms with E-state index in [9.17, 15) is 4.79 Å². The summed E-state index contributed by atoms with van der Waals surface area (Å²) < 4.78 is 0. The first-order chi connectivity index (χ1) is 10.7. The molecule has 1 aliphatic rings. The number of rotatable bonds is 3. The molecule has 2 aromatic carbocycles. The first-order valence-corrected chi connectivity index (χ1v) is 7.86. The maximum atomic E-state index is 12.4. The predicted octanol–water partition coefficient (Wildman–Crippen LogP) is 2.89. The Morgan fingerprint density at radius 3 is 2.36 bits per heavy atom. The summed E-state index contributed by atoms with van der Waals surface area (Å²) >= 11 is 0. The topological polar surface area (TPSA) is 23.6 Å². The van der Waals surface area contributed by atoms with Crippen molar-refractivity contribution >= 4 is 11.6 Å². The number of hydrogen-bond acceptors (Lipinski definition) is 2. The Balaban J connectivity index is 1.56. The summed E-state index contributed by atoms with van der Waals surface area (Å²) in [6.07, 6.45) is 0.505. The van der Waals surface area contributed by atoms with Gasteiger partial charge in [-0.05, 0) is 30.2 Å². The molecule has 0 saturated carbocycles. The number of anilines is 1. The molecule has 1 amide bonds. The summed E-state index contributed by atoms with van der Waals surface area (Å²) in [7, 11) is 0. The lowest BCUT2D eigenvalue weighted by molar-refractivity contribution is -0.130. The lowest BCUT2D eigenvalue weighted by atomic mass is 10.1. The molecule has 3 nitrogen and oxygen atoms in total. The van der Waals surface area contributed by atoms with Gasteiger partial charge in [0.05, 0.1) is 6.42 Å². The van der Waals surface area contributed by atoms with Crippen LogP contribution < -0.4 is 4.90 Å². The van der Waals surface area contributed by atoms with Crippen molar-refractivity contribution < 1.29 is 4.79 Å². The smallest absolute Gasteiger partial charge is 0.227 e. The third-order valence-electron chi connectivity index (χ3n) is 4.20. The standard InChI is InChI=1S/C19H22N2O/c1-16-6-5-9-18(14-16)20-10-12-21(13-11-20)19(22)15-17-7-3-2-4-8-17/h2-9,14H,10-13,15H2,1H3. The van der Waals surface area contributed by atoms with Crippen LogP contribution in [-0.2, 0) is 11.2 Å². The number of carbonyl (C=O) groups excluding carboxylic acids is 1. The molecule has 3 rings (SSSR count). The SMILES string of the molecule is Cc1cccc(N2CCN(C(=O)Cc3ccccc3)CC2)c1. The molecule has 3 heteroatoms. The van der Waals surface area contributed by atoms with Crippen LogP contribution in [0.25, 0.3) is 0 Å².